The van der Waals surface area contributed by atoms with Crippen LogP contribution in [0.2, 0.25) is 0 Å². The van der Waals surface area contributed by atoms with Crippen molar-refractivity contribution in [1.29, 1.82) is 0 Å². The molecule has 0 saturated heterocycles. The van der Waals surface area contributed by atoms with Crippen LogP contribution in [0.3, 0.4) is 0 Å². The number of benzene rings is 2. The Morgan fingerprint density at radius 3 is 2.34 bits per heavy atom. The number of aromatic nitrogens is 7. The maximum Gasteiger partial charge on any atom is 0.114 e. The van der Waals surface area contributed by atoms with Crippen LogP contribution in [0.5, 0.6) is 0 Å². The lowest BCUT2D eigenvalue weighted by atomic mass is 10.0. The maximum absolute atomic E-state index is 4.42. The van der Waals surface area contributed by atoms with E-state index in [2.05, 4.69) is 74.3 Å². The summed E-state index contributed by atoms with van der Waals surface area (Å²) in [6.45, 7) is 0.891. The van der Waals surface area contributed by atoms with Gasteiger partial charge in [-0.05, 0) is 43.0 Å². The summed E-state index contributed by atoms with van der Waals surface area (Å²) in [4.78, 5) is 4.14. The molecule has 3 heterocycles. The van der Waals surface area contributed by atoms with Gasteiger partial charge in [0, 0.05) is 30.1 Å². The van der Waals surface area contributed by atoms with Crippen LogP contribution in [0.25, 0.3) is 28.1 Å². The van der Waals surface area contributed by atoms with Crippen LogP contribution in [0.1, 0.15) is 37.8 Å². The van der Waals surface area contributed by atoms with E-state index in [1.807, 2.05) is 46.0 Å². The Hall–Kier alpha value is -4.13. The Balaban J connectivity index is 1.05. The highest BCUT2D eigenvalue weighted by Crippen LogP contribution is 2.26. The molecule has 176 valence electrons. The summed E-state index contributed by atoms with van der Waals surface area (Å²) in [6, 6.07) is 22.6. The number of hydrogen-bond donors (Lipinski definition) is 0. The van der Waals surface area contributed by atoms with Crippen molar-refractivity contribution >= 4 is 0 Å². The maximum atomic E-state index is 4.42. The molecule has 2 aromatic carbocycles. The van der Waals surface area contributed by atoms with Crippen LogP contribution in [0, 0.1) is 0 Å². The molecule has 3 aromatic heterocycles. The lowest BCUT2D eigenvalue weighted by Crippen LogP contribution is -1.98. The molecule has 0 N–H and O–H groups in total. The third-order valence-electron chi connectivity index (χ3n) is 6.09. The fraction of sp³-hybridized carbons (Fsp3) is 0.250. The molecular weight excluding hydrogens is 434 g/mol. The first-order chi connectivity index (χ1) is 17.4. The molecule has 5 aromatic rings. The second kappa shape index (κ2) is 11.3. The van der Waals surface area contributed by atoms with Crippen LogP contribution in [-0.4, -0.2) is 35.0 Å². The first kappa shape index (κ1) is 22.7. The van der Waals surface area contributed by atoms with E-state index < -0.39 is 0 Å². The van der Waals surface area contributed by atoms with Gasteiger partial charge in [-0.25, -0.2) is 4.68 Å². The molecule has 7 heteroatoms. The first-order valence-electron chi connectivity index (χ1n) is 12.2. The highest BCUT2D eigenvalue weighted by molar-refractivity contribution is 5.72. The van der Waals surface area contributed by atoms with Crippen LogP contribution in [-0.2, 0) is 13.0 Å². The topological polar surface area (TPSA) is 74.3 Å². The van der Waals surface area contributed by atoms with Gasteiger partial charge < -0.3 is 0 Å². The number of aryl methyl sites for hydroxylation is 2. The molecular formula is C28H29N7. The monoisotopic (exact) mass is 463 g/mol. The summed E-state index contributed by atoms with van der Waals surface area (Å²) in [7, 11) is 0. The van der Waals surface area contributed by atoms with Crippen LogP contribution in [0.4, 0.5) is 0 Å². The molecule has 7 nitrogen and oxygen atoms in total. The SMILES string of the molecule is c1ccc(-c2ccccc2-n2cc(CCCCCCCn3cc(-c4cccnc4)nn3)nn2)cc1. The molecule has 0 spiro atoms. The van der Waals surface area contributed by atoms with Crippen molar-refractivity contribution in [1.82, 2.24) is 35.0 Å². The predicted octanol–water partition coefficient (Wildman–Crippen LogP) is 5.78. The lowest BCUT2D eigenvalue weighted by molar-refractivity contribution is 0.517. The van der Waals surface area contributed by atoms with Crippen LogP contribution < -0.4 is 0 Å². The van der Waals surface area contributed by atoms with Gasteiger partial charge >= 0.3 is 0 Å². The normalized spacial score (nSPS) is 11.1. The Kier molecular flexibility index (Phi) is 7.33. The summed E-state index contributed by atoms with van der Waals surface area (Å²) in [5.41, 5.74) is 6.30. The van der Waals surface area contributed by atoms with E-state index in [0.717, 1.165) is 54.0 Å². The van der Waals surface area contributed by atoms with Crippen molar-refractivity contribution < 1.29 is 0 Å². The van der Waals surface area contributed by atoms with Gasteiger partial charge in [-0.1, -0.05) is 78.2 Å². The third kappa shape index (κ3) is 5.87. The molecule has 0 aliphatic carbocycles. The van der Waals surface area contributed by atoms with E-state index in [1.54, 1.807) is 6.20 Å². The zero-order chi connectivity index (χ0) is 23.7. The Bertz CT molecular complexity index is 1330. The van der Waals surface area contributed by atoms with Gasteiger partial charge in [0.2, 0.25) is 0 Å². The molecule has 0 aliphatic heterocycles. The van der Waals surface area contributed by atoms with E-state index in [4.69, 9.17) is 0 Å². The zero-order valence-corrected chi connectivity index (χ0v) is 19.7. The van der Waals surface area contributed by atoms with Crippen LogP contribution >= 0.6 is 0 Å². The van der Waals surface area contributed by atoms with E-state index in [9.17, 15) is 0 Å². The number of rotatable bonds is 11. The van der Waals surface area contributed by atoms with Crippen molar-refractivity contribution in [2.24, 2.45) is 0 Å². The van der Waals surface area contributed by atoms with Gasteiger partial charge in [-0.3, -0.25) is 9.67 Å². The minimum absolute atomic E-state index is 0.873. The van der Waals surface area contributed by atoms with Crippen molar-refractivity contribution in [3.05, 3.63) is 97.2 Å². The molecule has 0 atom stereocenters. The van der Waals surface area contributed by atoms with Gasteiger partial charge in [-0.2, -0.15) is 0 Å². The molecule has 0 aliphatic rings. The average molecular weight is 464 g/mol. The van der Waals surface area contributed by atoms with Crippen molar-refractivity contribution in [3.8, 4) is 28.1 Å². The number of unbranched alkanes of at least 4 members (excludes halogenated alkanes) is 4. The Morgan fingerprint density at radius 1 is 0.657 bits per heavy atom. The van der Waals surface area contributed by atoms with Crippen molar-refractivity contribution in [2.45, 2.75) is 45.1 Å². The third-order valence-corrected chi connectivity index (χ3v) is 6.09. The molecule has 0 unspecified atom stereocenters. The summed E-state index contributed by atoms with van der Waals surface area (Å²) in [5, 5.41) is 17.3. The summed E-state index contributed by atoms with van der Waals surface area (Å²) in [5.74, 6) is 0. The molecule has 0 fully saturated rings. The first-order valence-corrected chi connectivity index (χ1v) is 12.2. The summed E-state index contributed by atoms with van der Waals surface area (Å²) in [6.07, 6.45) is 14.4. The smallest absolute Gasteiger partial charge is 0.114 e. The molecule has 35 heavy (non-hydrogen) atoms. The standard InChI is InChI=1S/C28H29N7/c1(3-10-19-34-22-27(31-32-34)24-14-11-18-29-20-24)2-7-15-25-21-35(33-30-25)28-17-9-8-16-26(28)23-12-5-4-6-13-23/h4-6,8-9,11-14,16-18,20-22H,1-3,7,10,15,19H2. The minimum Gasteiger partial charge on any atom is -0.264 e. The number of pyridine rings is 1. The largest absolute Gasteiger partial charge is 0.264 e. The van der Waals surface area contributed by atoms with Gasteiger partial charge in [-0.15, -0.1) is 10.2 Å². The minimum atomic E-state index is 0.873. The molecule has 5 rings (SSSR count). The Labute approximate surface area is 205 Å². The second-order valence-corrected chi connectivity index (χ2v) is 8.66. The second-order valence-electron chi connectivity index (χ2n) is 8.66. The number of nitrogens with zero attached hydrogens (tertiary/aromatic N) is 7. The lowest BCUT2D eigenvalue weighted by Gasteiger charge is -2.08. The van der Waals surface area contributed by atoms with Gasteiger partial charge in [0.05, 0.1) is 23.8 Å². The van der Waals surface area contributed by atoms with E-state index >= 15 is 0 Å². The molecule has 0 bridgehead atoms. The number of hydrogen-bond acceptors (Lipinski definition) is 5. The highest BCUT2D eigenvalue weighted by Gasteiger charge is 2.09. The average Bonchev–Trinajstić information content (AvgIpc) is 3.59. The quantitative estimate of drug-likeness (QED) is 0.232. The van der Waals surface area contributed by atoms with Crippen molar-refractivity contribution in [2.75, 3.05) is 0 Å². The van der Waals surface area contributed by atoms with E-state index in [1.165, 1.54) is 24.8 Å². The highest BCUT2D eigenvalue weighted by atomic mass is 15.4. The molecule has 0 radical (unpaired) electrons. The Morgan fingerprint density at radius 2 is 1.46 bits per heavy atom. The molecule has 0 amide bonds. The predicted molar refractivity (Wildman–Crippen MR) is 137 cm³/mol. The zero-order valence-electron chi connectivity index (χ0n) is 19.7. The van der Waals surface area contributed by atoms with Crippen molar-refractivity contribution in [3.63, 3.8) is 0 Å². The molecule has 0 saturated carbocycles. The van der Waals surface area contributed by atoms with Gasteiger partial charge in [0.1, 0.15) is 5.69 Å². The van der Waals surface area contributed by atoms with E-state index in [-0.39, 0.29) is 0 Å². The number of para-hydroxylation sites is 1. The van der Waals surface area contributed by atoms with Gasteiger partial charge in [0.25, 0.3) is 0 Å². The van der Waals surface area contributed by atoms with E-state index in [0.29, 0.717) is 0 Å². The summed E-state index contributed by atoms with van der Waals surface area (Å²) < 4.78 is 3.82. The van der Waals surface area contributed by atoms with Gasteiger partial charge in [0.15, 0.2) is 0 Å². The fourth-order valence-corrected chi connectivity index (χ4v) is 4.23. The van der Waals surface area contributed by atoms with Crippen LogP contribution in [0.15, 0.2) is 91.5 Å². The fourth-order valence-electron chi connectivity index (χ4n) is 4.23. The summed E-state index contributed by atoms with van der Waals surface area (Å²) >= 11 is 0.